The van der Waals surface area contributed by atoms with Crippen LogP contribution in [0.3, 0.4) is 0 Å². The fourth-order valence-electron chi connectivity index (χ4n) is 2.09. The summed E-state index contributed by atoms with van der Waals surface area (Å²) >= 11 is 11.8. The maximum Gasteiger partial charge on any atom is 0.264 e. The summed E-state index contributed by atoms with van der Waals surface area (Å²) in [7, 11) is 0. The molecule has 22 heavy (non-hydrogen) atoms. The summed E-state index contributed by atoms with van der Waals surface area (Å²) < 4.78 is 5.34. The number of aromatic amines is 1. The molecule has 2 N–H and O–H groups in total. The highest BCUT2D eigenvalue weighted by Gasteiger charge is 2.23. The van der Waals surface area contributed by atoms with Gasteiger partial charge in [0.15, 0.2) is 6.61 Å². The third-order valence-electron chi connectivity index (χ3n) is 3.50. The molecule has 116 valence electrons. The average molecular weight is 341 g/mol. The minimum atomic E-state index is -0.356. The average Bonchev–Trinajstić information content (AvgIpc) is 2.83. The predicted molar refractivity (Wildman–Crippen MR) is 83.6 cm³/mol. The fraction of sp³-hybridized carbons (Fsp3) is 0.357. The molecule has 0 bridgehead atoms. The molecule has 0 unspecified atom stereocenters. The zero-order valence-electron chi connectivity index (χ0n) is 11.6. The molecular formula is C14H14Cl2N4O2. The zero-order valence-corrected chi connectivity index (χ0v) is 13.1. The monoisotopic (exact) mass is 340 g/mol. The number of hydrogen-bond donors (Lipinski definition) is 2. The predicted octanol–water partition coefficient (Wildman–Crippen LogP) is 3.40. The van der Waals surface area contributed by atoms with E-state index in [-0.39, 0.29) is 18.5 Å². The van der Waals surface area contributed by atoms with Gasteiger partial charge >= 0.3 is 0 Å². The van der Waals surface area contributed by atoms with Gasteiger partial charge in [-0.25, -0.2) is 0 Å². The van der Waals surface area contributed by atoms with Crippen molar-refractivity contribution in [2.24, 2.45) is 0 Å². The smallest absolute Gasteiger partial charge is 0.264 e. The summed E-state index contributed by atoms with van der Waals surface area (Å²) in [6, 6.07) is 4.80. The second-order valence-electron chi connectivity index (χ2n) is 5.08. The minimum absolute atomic E-state index is 0.186. The van der Waals surface area contributed by atoms with Crippen molar-refractivity contribution in [3.8, 4) is 5.75 Å². The lowest BCUT2D eigenvalue weighted by molar-refractivity contribution is -0.118. The molecule has 0 saturated heterocycles. The summed E-state index contributed by atoms with van der Waals surface area (Å²) in [6.07, 6.45) is 3.43. The van der Waals surface area contributed by atoms with Gasteiger partial charge in [0.2, 0.25) is 5.95 Å². The lowest BCUT2D eigenvalue weighted by atomic mass is 9.85. The first-order valence-electron chi connectivity index (χ1n) is 6.92. The molecular weight excluding hydrogens is 327 g/mol. The quantitative estimate of drug-likeness (QED) is 0.874. The highest BCUT2D eigenvalue weighted by molar-refractivity contribution is 6.35. The molecule has 6 nitrogen and oxygen atoms in total. The first-order chi connectivity index (χ1) is 10.6. The van der Waals surface area contributed by atoms with Crippen LogP contribution < -0.4 is 10.1 Å². The highest BCUT2D eigenvalue weighted by Crippen LogP contribution is 2.34. The van der Waals surface area contributed by atoms with Gasteiger partial charge in [-0.3, -0.25) is 15.2 Å². The van der Waals surface area contributed by atoms with Crippen molar-refractivity contribution >= 4 is 35.1 Å². The Hall–Kier alpha value is -1.79. The number of halogens is 2. The Morgan fingerprint density at radius 3 is 2.91 bits per heavy atom. The molecule has 1 aromatic heterocycles. The van der Waals surface area contributed by atoms with Crippen LogP contribution >= 0.6 is 23.2 Å². The lowest BCUT2D eigenvalue weighted by Crippen LogP contribution is -2.21. The van der Waals surface area contributed by atoms with E-state index in [1.165, 1.54) is 6.42 Å². The number of carbonyl (C=O) groups is 1. The number of nitrogens with zero attached hydrogens (tertiary/aromatic N) is 2. The van der Waals surface area contributed by atoms with Gasteiger partial charge in [-0.05, 0) is 31.0 Å². The number of amides is 1. The van der Waals surface area contributed by atoms with E-state index in [4.69, 9.17) is 27.9 Å². The maximum atomic E-state index is 11.8. The van der Waals surface area contributed by atoms with Crippen LogP contribution in [0, 0.1) is 0 Å². The number of nitrogens with one attached hydrogen (secondary N) is 2. The molecule has 1 aromatic carbocycles. The van der Waals surface area contributed by atoms with Crippen molar-refractivity contribution in [1.29, 1.82) is 0 Å². The van der Waals surface area contributed by atoms with Gasteiger partial charge in [-0.15, -0.1) is 5.10 Å². The second kappa shape index (κ2) is 6.54. The Kier molecular flexibility index (Phi) is 4.49. The molecule has 1 saturated carbocycles. The molecule has 0 atom stereocenters. The van der Waals surface area contributed by atoms with E-state index in [1.54, 1.807) is 18.2 Å². The van der Waals surface area contributed by atoms with Crippen molar-refractivity contribution < 1.29 is 9.53 Å². The minimum Gasteiger partial charge on any atom is -0.482 e. The topological polar surface area (TPSA) is 79.9 Å². The number of benzene rings is 1. The summed E-state index contributed by atoms with van der Waals surface area (Å²) in [4.78, 5) is 16.1. The van der Waals surface area contributed by atoms with Crippen LogP contribution in [-0.2, 0) is 4.79 Å². The normalized spacial score (nSPS) is 14.5. The number of rotatable bonds is 5. The molecule has 2 aromatic rings. The number of anilines is 1. The van der Waals surface area contributed by atoms with E-state index in [0.29, 0.717) is 21.7 Å². The standard InChI is InChI=1S/C14H14Cl2N4O2/c15-9-4-5-11(10(16)6-9)22-7-12(21)17-14-18-13(19-20-14)8-2-1-3-8/h4-6,8H,1-3,7H2,(H2,17,18,19,20,21). The van der Waals surface area contributed by atoms with Gasteiger partial charge in [0.05, 0.1) is 5.02 Å². The van der Waals surface area contributed by atoms with Crippen molar-refractivity contribution in [2.45, 2.75) is 25.2 Å². The van der Waals surface area contributed by atoms with Gasteiger partial charge < -0.3 is 4.74 Å². The highest BCUT2D eigenvalue weighted by atomic mass is 35.5. The van der Waals surface area contributed by atoms with Crippen LogP contribution in [-0.4, -0.2) is 27.7 Å². The summed E-state index contributed by atoms with van der Waals surface area (Å²) in [5, 5.41) is 10.3. The number of aromatic nitrogens is 3. The lowest BCUT2D eigenvalue weighted by Gasteiger charge is -2.22. The molecule has 1 fully saturated rings. The zero-order chi connectivity index (χ0) is 15.5. The van der Waals surface area contributed by atoms with Crippen LogP contribution in [0.5, 0.6) is 5.75 Å². The van der Waals surface area contributed by atoms with Crippen molar-refractivity contribution in [2.75, 3.05) is 11.9 Å². The number of carbonyl (C=O) groups excluding carboxylic acids is 1. The van der Waals surface area contributed by atoms with Crippen molar-refractivity contribution in [3.05, 3.63) is 34.1 Å². The van der Waals surface area contributed by atoms with Crippen molar-refractivity contribution in [3.63, 3.8) is 0 Å². The van der Waals surface area contributed by atoms with Gasteiger partial charge in [0.25, 0.3) is 5.91 Å². The van der Waals surface area contributed by atoms with E-state index >= 15 is 0 Å². The molecule has 1 aliphatic rings. The largest absolute Gasteiger partial charge is 0.482 e. The van der Waals surface area contributed by atoms with Crippen LogP contribution in [0.4, 0.5) is 5.95 Å². The van der Waals surface area contributed by atoms with E-state index in [9.17, 15) is 4.79 Å². The SMILES string of the molecule is O=C(COc1ccc(Cl)cc1Cl)Nc1n[nH]c(C2CCC2)n1. The van der Waals surface area contributed by atoms with Crippen LogP contribution in [0.1, 0.15) is 31.0 Å². The molecule has 1 amide bonds. The van der Waals surface area contributed by atoms with E-state index in [1.807, 2.05) is 0 Å². The molecule has 8 heteroatoms. The Labute approximate surface area is 137 Å². The van der Waals surface area contributed by atoms with Crippen LogP contribution in [0.15, 0.2) is 18.2 Å². The molecule has 1 aliphatic carbocycles. The van der Waals surface area contributed by atoms with Gasteiger partial charge in [-0.1, -0.05) is 29.6 Å². The van der Waals surface area contributed by atoms with E-state index < -0.39 is 0 Å². The van der Waals surface area contributed by atoms with Crippen molar-refractivity contribution in [1.82, 2.24) is 15.2 Å². The fourth-order valence-corrected chi connectivity index (χ4v) is 2.55. The molecule has 0 radical (unpaired) electrons. The Morgan fingerprint density at radius 2 is 2.23 bits per heavy atom. The molecule has 3 rings (SSSR count). The Balaban J connectivity index is 1.52. The summed E-state index contributed by atoms with van der Waals surface area (Å²) in [6.45, 7) is -0.186. The number of ether oxygens (including phenoxy) is 1. The van der Waals surface area contributed by atoms with E-state index in [2.05, 4.69) is 20.5 Å². The van der Waals surface area contributed by atoms with Crippen LogP contribution in [0.25, 0.3) is 0 Å². The summed E-state index contributed by atoms with van der Waals surface area (Å²) in [5.41, 5.74) is 0. The van der Waals surface area contributed by atoms with Gasteiger partial charge in [0.1, 0.15) is 11.6 Å². The van der Waals surface area contributed by atoms with Crippen LogP contribution in [0.2, 0.25) is 10.0 Å². The molecule has 0 aliphatic heterocycles. The maximum absolute atomic E-state index is 11.8. The van der Waals surface area contributed by atoms with E-state index in [0.717, 1.165) is 18.7 Å². The summed E-state index contributed by atoms with van der Waals surface area (Å²) in [5.74, 6) is 1.56. The first-order valence-corrected chi connectivity index (χ1v) is 7.67. The third-order valence-corrected chi connectivity index (χ3v) is 4.03. The molecule has 0 spiro atoms. The second-order valence-corrected chi connectivity index (χ2v) is 5.93. The Morgan fingerprint density at radius 1 is 1.41 bits per heavy atom. The molecule has 1 heterocycles. The third kappa shape index (κ3) is 3.51. The number of hydrogen-bond acceptors (Lipinski definition) is 4. The Bertz CT molecular complexity index is 685. The first kappa shape index (κ1) is 15.1. The van der Waals surface area contributed by atoms with Gasteiger partial charge in [-0.2, -0.15) is 4.98 Å². The van der Waals surface area contributed by atoms with Gasteiger partial charge in [0, 0.05) is 10.9 Å². The number of H-pyrrole nitrogens is 1.